The molecule has 1 atom stereocenters. The van der Waals surface area contributed by atoms with Crippen molar-refractivity contribution in [2.45, 2.75) is 26.3 Å². The molecule has 1 saturated heterocycles. The molecule has 0 radical (unpaired) electrons. The Morgan fingerprint density at radius 3 is 2.57 bits per heavy atom. The van der Waals surface area contributed by atoms with Crippen LogP contribution in [-0.4, -0.2) is 34.6 Å². The van der Waals surface area contributed by atoms with Crippen LogP contribution in [0.5, 0.6) is 5.75 Å². The van der Waals surface area contributed by atoms with E-state index in [1.165, 1.54) is 43.0 Å². The second-order valence-corrected chi connectivity index (χ2v) is 6.54. The Balaban J connectivity index is 1.89. The number of carbonyl (C=O) groups is 2. The fraction of sp³-hybridized carbons (Fsp3) is 0.467. The summed E-state index contributed by atoms with van der Waals surface area (Å²) in [4.78, 5) is 24.6. The Morgan fingerprint density at radius 2 is 2.00 bits per heavy atom. The van der Waals surface area contributed by atoms with Crippen molar-refractivity contribution in [3.05, 3.63) is 29.8 Å². The Kier molecular flexibility index (Phi) is 5.56. The number of amides is 1. The molecule has 4 nitrogen and oxygen atoms in total. The van der Waals surface area contributed by atoms with Crippen molar-refractivity contribution in [2.24, 2.45) is 5.92 Å². The average Bonchev–Trinajstić information content (AvgIpc) is 2.78. The number of benzene rings is 1. The molecule has 2 rings (SSSR count). The molecule has 0 aromatic heterocycles. The lowest BCUT2D eigenvalue weighted by Gasteiger charge is -2.17. The highest BCUT2D eigenvalue weighted by atomic mass is 32.2. The van der Waals surface area contributed by atoms with Gasteiger partial charge in [-0.3, -0.25) is 9.59 Å². The van der Waals surface area contributed by atoms with E-state index in [1.807, 2.05) is 0 Å². The van der Waals surface area contributed by atoms with E-state index < -0.39 is 6.36 Å². The average molecular weight is 347 g/mol. The van der Waals surface area contributed by atoms with Crippen LogP contribution in [0.15, 0.2) is 24.3 Å². The van der Waals surface area contributed by atoms with Gasteiger partial charge in [-0.05, 0) is 23.6 Å². The van der Waals surface area contributed by atoms with E-state index in [2.05, 4.69) is 4.74 Å². The molecule has 1 amide bonds. The van der Waals surface area contributed by atoms with Crippen LogP contribution in [0.2, 0.25) is 0 Å². The number of likely N-dealkylation sites (tertiary alicyclic amines) is 1. The minimum absolute atomic E-state index is 0.00484. The van der Waals surface area contributed by atoms with Crippen LogP contribution < -0.4 is 4.74 Å². The maximum atomic E-state index is 12.1. The number of rotatable bonds is 5. The second-order valence-electron chi connectivity index (χ2n) is 5.34. The van der Waals surface area contributed by atoms with Crippen molar-refractivity contribution in [1.82, 2.24) is 4.90 Å². The first-order valence-electron chi connectivity index (χ1n) is 6.99. The fourth-order valence-electron chi connectivity index (χ4n) is 2.37. The topological polar surface area (TPSA) is 46.6 Å². The molecule has 1 aromatic carbocycles. The number of ether oxygens (including phenoxy) is 1. The summed E-state index contributed by atoms with van der Waals surface area (Å²) in [7, 11) is 0. The maximum Gasteiger partial charge on any atom is 0.573 e. The zero-order valence-corrected chi connectivity index (χ0v) is 13.2. The summed E-state index contributed by atoms with van der Waals surface area (Å²) in [5.41, 5.74) is 0.729. The standard InChI is InChI=1S/C15H16F3NO3S/c1-10(20)23-9-12-6-14(21)19(8-12)7-11-2-4-13(5-3-11)22-15(16,17)18/h2-5,12H,6-9H2,1H3. The lowest BCUT2D eigenvalue weighted by Crippen LogP contribution is -2.24. The fourth-order valence-corrected chi connectivity index (χ4v) is 3.06. The quantitative estimate of drug-likeness (QED) is 0.821. The summed E-state index contributed by atoms with van der Waals surface area (Å²) in [6, 6.07) is 5.47. The molecule has 1 heterocycles. The van der Waals surface area contributed by atoms with Gasteiger partial charge in [-0.25, -0.2) is 0 Å². The summed E-state index contributed by atoms with van der Waals surface area (Å²) in [5.74, 6) is 0.444. The number of alkyl halides is 3. The molecule has 0 spiro atoms. The van der Waals surface area contributed by atoms with Crippen LogP contribution >= 0.6 is 11.8 Å². The first-order valence-corrected chi connectivity index (χ1v) is 7.97. The predicted octanol–water partition coefficient (Wildman–Crippen LogP) is 3.21. The Bertz CT molecular complexity index is 574. The molecule has 0 N–H and O–H groups in total. The van der Waals surface area contributed by atoms with Gasteiger partial charge in [-0.2, -0.15) is 0 Å². The highest BCUT2D eigenvalue weighted by molar-refractivity contribution is 8.13. The first-order chi connectivity index (χ1) is 10.7. The van der Waals surface area contributed by atoms with Gasteiger partial charge in [0.1, 0.15) is 5.75 Å². The highest BCUT2D eigenvalue weighted by Gasteiger charge is 2.31. The smallest absolute Gasteiger partial charge is 0.406 e. The molecule has 23 heavy (non-hydrogen) atoms. The SMILES string of the molecule is CC(=O)SCC1CC(=O)N(Cc2ccc(OC(F)(F)F)cc2)C1. The third-order valence-corrected chi connectivity index (χ3v) is 4.39. The van der Waals surface area contributed by atoms with Crippen LogP contribution in [-0.2, 0) is 16.1 Å². The number of carbonyl (C=O) groups excluding carboxylic acids is 2. The molecular formula is C15H16F3NO3S. The van der Waals surface area contributed by atoms with Crippen LogP contribution in [0, 0.1) is 5.92 Å². The zero-order valence-electron chi connectivity index (χ0n) is 12.4. The van der Waals surface area contributed by atoms with Gasteiger partial charge in [0.25, 0.3) is 0 Å². The number of hydrogen-bond acceptors (Lipinski definition) is 4. The number of hydrogen-bond donors (Lipinski definition) is 0. The van der Waals surface area contributed by atoms with E-state index in [4.69, 9.17) is 0 Å². The summed E-state index contributed by atoms with van der Waals surface area (Å²) < 4.78 is 40.1. The van der Waals surface area contributed by atoms with Gasteiger partial charge in [-0.1, -0.05) is 23.9 Å². The number of halogens is 3. The molecular weight excluding hydrogens is 331 g/mol. The van der Waals surface area contributed by atoms with Gasteiger partial charge >= 0.3 is 6.36 Å². The lowest BCUT2D eigenvalue weighted by molar-refractivity contribution is -0.274. The van der Waals surface area contributed by atoms with Crippen LogP contribution in [0.3, 0.4) is 0 Å². The number of thioether (sulfide) groups is 1. The molecule has 1 aromatic rings. The zero-order chi connectivity index (χ0) is 17.0. The molecule has 1 aliphatic heterocycles. The third-order valence-electron chi connectivity index (χ3n) is 3.35. The molecule has 0 bridgehead atoms. The summed E-state index contributed by atoms with van der Waals surface area (Å²) >= 11 is 1.21. The highest BCUT2D eigenvalue weighted by Crippen LogP contribution is 2.26. The summed E-state index contributed by atoms with van der Waals surface area (Å²) in [5, 5.41) is 0.0242. The normalized spacial score (nSPS) is 18.3. The van der Waals surface area contributed by atoms with Crippen LogP contribution in [0.1, 0.15) is 18.9 Å². The first kappa shape index (κ1) is 17.7. The van der Waals surface area contributed by atoms with E-state index >= 15 is 0 Å². The predicted molar refractivity (Wildman–Crippen MR) is 79.8 cm³/mol. The molecule has 0 aliphatic carbocycles. The molecule has 8 heteroatoms. The summed E-state index contributed by atoms with van der Waals surface area (Å²) in [6.45, 7) is 2.38. The van der Waals surface area contributed by atoms with Crippen LogP contribution in [0.4, 0.5) is 13.2 Å². The minimum atomic E-state index is -4.71. The van der Waals surface area contributed by atoms with Gasteiger partial charge in [0, 0.05) is 32.2 Å². The Hall–Kier alpha value is -1.70. The third kappa shape index (κ3) is 5.78. The van der Waals surface area contributed by atoms with Crippen molar-refractivity contribution in [3.8, 4) is 5.75 Å². The van der Waals surface area contributed by atoms with E-state index in [0.717, 1.165) is 5.56 Å². The molecule has 126 valence electrons. The Labute approximate surface area is 136 Å². The van der Waals surface area contributed by atoms with E-state index in [-0.39, 0.29) is 22.7 Å². The molecule has 0 saturated carbocycles. The van der Waals surface area contributed by atoms with Crippen molar-refractivity contribution in [1.29, 1.82) is 0 Å². The van der Waals surface area contributed by atoms with Crippen molar-refractivity contribution in [3.63, 3.8) is 0 Å². The number of nitrogens with zero attached hydrogens (tertiary/aromatic N) is 1. The minimum Gasteiger partial charge on any atom is -0.406 e. The van der Waals surface area contributed by atoms with Gasteiger partial charge in [0.05, 0.1) is 0 Å². The van der Waals surface area contributed by atoms with E-state index in [0.29, 0.717) is 25.3 Å². The maximum absolute atomic E-state index is 12.1. The lowest BCUT2D eigenvalue weighted by atomic mass is 10.1. The van der Waals surface area contributed by atoms with E-state index in [1.54, 1.807) is 4.90 Å². The van der Waals surface area contributed by atoms with E-state index in [9.17, 15) is 22.8 Å². The van der Waals surface area contributed by atoms with Crippen LogP contribution in [0.25, 0.3) is 0 Å². The van der Waals surface area contributed by atoms with Gasteiger partial charge in [0.2, 0.25) is 5.91 Å². The summed E-state index contributed by atoms with van der Waals surface area (Å²) in [6.07, 6.45) is -4.32. The van der Waals surface area contributed by atoms with Crippen molar-refractivity contribution >= 4 is 22.8 Å². The molecule has 1 fully saturated rings. The molecule has 1 unspecified atom stereocenters. The van der Waals surface area contributed by atoms with Crippen molar-refractivity contribution in [2.75, 3.05) is 12.3 Å². The van der Waals surface area contributed by atoms with Gasteiger partial charge < -0.3 is 9.64 Å². The second kappa shape index (κ2) is 7.25. The largest absolute Gasteiger partial charge is 0.573 e. The van der Waals surface area contributed by atoms with Gasteiger partial charge in [0.15, 0.2) is 5.12 Å². The molecule has 1 aliphatic rings. The monoisotopic (exact) mass is 347 g/mol. The Morgan fingerprint density at radius 1 is 1.35 bits per heavy atom. The van der Waals surface area contributed by atoms with Gasteiger partial charge in [-0.15, -0.1) is 13.2 Å². The van der Waals surface area contributed by atoms with Crippen molar-refractivity contribution < 1.29 is 27.5 Å².